The van der Waals surface area contributed by atoms with Gasteiger partial charge in [-0.1, -0.05) is 18.2 Å². The number of benzene rings is 2. The molecule has 8 nitrogen and oxygen atoms in total. The molecule has 1 aliphatic rings. The Hall–Kier alpha value is -3.55. The minimum atomic E-state index is -0.484. The molecule has 2 aromatic carbocycles. The molecule has 4 rings (SSSR count). The van der Waals surface area contributed by atoms with Gasteiger partial charge in [-0.15, -0.1) is 0 Å². The average molecular weight is 437 g/mol. The van der Waals surface area contributed by atoms with E-state index in [1.54, 1.807) is 25.1 Å². The number of hydrogen-bond donors (Lipinski definition) is 2. The summed E-state index contributed by atoms with van der Waals surface area (Å²) >= 11 is 0. The summed E-state index contributed by atoms with van der Waals surface area (Å²) in [6, 6.07) is 14.6. The Kier molecular flexibility index (Phi) is 6.58. The fraction of sp³-hybridized carbons (Fsp3) is 0.375. The smallest absolute Gasteiger partial charge is 0.408 e. The summed E-state index contributed by atoms with van der Waals surface area (Å²) in [5.74, 6) is -0.866. The van der Waals surface area contributed by atoms with Crippen molar-refractivity contribution in [1.82, 2.24) is 9.88 Å². The SMILES string of the molecule is CC(CC(=O)Nc1cccc(N2CCCC2)c1)NC(=O)CCn1c(=O)oc2ccccc21. The number of amides is 2. The van der Waals surface area contributed by atoms with Crippen molar-refractivity contribution in [2.24, 2.45) is 0 Å². The standard InChI is InChI=1S/C24H28N4O4/c1-17(15-23(30)26-18-7-6-8-19(16-18)27-12-4-5-13-27)25-22(29)11-14-28-20-9-2-3-10-21(20)32-24(28)31/h2-3,6-10,16-17H,4-5,11-15H2,1H3,(H,25,29)(H,26,30). The number of hydrogen-bond acceptors (Lipinski definition) is 5. The van der Waals surface area contributed by atoms with Crippen molar-refractivity contribution >= 4 is 34.3 Å². The summed E-state index contributed by atoms with van der Waals surface area (Å²) < 4.78 is 6.63. The lowest BCUT2D eigenvalue weighted by Gasteiger charge is -2.19. The summed E-state index contributed by atoms with van der Waals surface area (Å²) in [5, 5.41) is 5.75. The van der Waals surface area contributed by atoms with Crippen molar-refractivity contribution in [3.05, 3.63) is 59.1 Å². The first-order valence-electron chi connectivity index (χ1n) is 11.0. The molecule has 8 heteroatoms. The number of carbonyl (C=O) groups excluding carboxylic acids is 2. The lowest BCUT2D eigenvalue weighted by molar-refractivity contribution is -0.122. The van der Waals surface area contributed by atoms with Gasteiger partial charge in [-0.25, -0.2) is 4.79 Å². The maximum Gasteiger partial charge on any atom is 0.419 e. The number of aryl methyl sites for hydroxylation is 1. The molecule has 1 saturated heterocycles. The number of carbonyl (C=O) groups is 2. The Morgan fingerprint density at radius 2 is 1.84 bits per heavy atom. The normalized spacial score (nSPS) is 14.5. The number of anilines is 2. The second-order valence-electron chi connectivity index (χ2n) is 8.20. The third kappa shape index (κ3) is 5.19. The summed E-state index contributed by atoms with van der Waals surface area (Å²) in [6.45, 7) is 4.09. The van der Waals surface area contributed by atoms with E-state index in [0.717, 1.165) is 24.5 Å². The van der Waals surface area contributed by atoms with E-state index < -0.39 is 5.76 Å². The number of fused-ring (bicyclic) bond motifs is 1. The first-order chi connectivity index (χ1) is 15.5. The number of para-hydroxylation sites is 2. The number of aromatic nitrogens is 1. The van der Waals surface area contributed by atoms with E-state index >= 15 is 0 Å². The van der Waals surface area contributed by atoms with Crippen molar-refractivity contribution in [2.75, 3.05) is 23.3 Å². The number of rotatable bonds is 8. The van der Waals surface area contributed by atoms with Crippen molar-refractivity contribution in [3.8, 4) is 0 Å². The zero-order valence-electron chi connectivity index (χ0n) is 18.2. The molecular weight excluding hydrogens is 408 g/mol. The molecular formula is C24H28N4O4. The van der Waals surface area contributed by atoms with Gasteiger partial charge in [0, 0.05) is 49.9 Å². The largest absolute Gasteiger partial charge is 0.419 e. The maximum atomic E-state index is 12.4. The molecule has 0 radical (unpaired) electrons. The van der Waals surface area contributed by atoms with E-state index in [0.29, 0.717) is 11.1 Å². The second kappa shape index (κ2) is 9.72. The molecule has 3 aromatic rings. The third-order valence-electron chi connectivity index (χ3n) is 5.64. The molecule has 1 aromatic heterocycles. The van der Waals surface area contributed by atoms with Crippen LogP contribution in [0.1, 0.15) is 32.6 Å². The van der Waals surface area contributed by atoms with Gasteiger partial charge in [-0.3, -0.25) is 14.2 Å². The van der Waals surface area contributed by atoms with Crippen LogP contribution in [0, 0.1) is 0 Å². The van der Waals surface area contributed by atoms with Gasteiger partial charge in [-0.2, -0.15) is 0 Å². The van der Waals surface area contributed by atoms with Crippen molar-refractivity contribution in [2.45, 2.75) is 45.2 Å². The predicted molar refractivity (Wildman–Crippen MR) is 124 cm³/mol. The molecule has 1 aliphatic heterocycles. The fourth-order valence-corrected chi connectivity index (χ4v) is 4.08. The van der Waals surface area contributed by atoms with Crippen LogP contribution in [0.3, 0.4) is 0 Å². The zero-order valence-corrected chi connectivity index (χ0v) is 18.2. The summed E-state index contributed by atoms with van der Waals surface area (Å²) in [5.41, 5.74) is 3.03. The molecule has 0 aliphatic carbocycles. The van der Waals surface area contributed by atoms with Crippen LogP contribution >= 0.6 is 0 Å². The van der Waals surface area contributed by atoms with Gasteiger partial charge in [-0.05, 0) is 50.1 Å². The molecule has 0 saturated carbocycles. The van der Waals surface area contributed by atoms with Gasteiger partial charge in [0.2, 0.25) is 11.8 Å². The van der Waals surface area contributed by atoms with E-state index in [1.165, 1.54) is 17.4 Å². The van der Waals surface area contributed by atoms with E-state index in [2.05, 4.69) is 21.6 Å². The van der Waals surface area contributed by atoms with Gasteiger partial charge in [0.25, 0.3) is 0 Å². The average Bonchev–Trinajstić information content (AvgIpc) is 3.40. The fourth-order valence-electron chi connectivity index (χ4n) is 4.08. The Morgan fingerprint density at radius 1 is 1.06 bits per heavy atom. The van der Waals surface area contributed by atoms with Crippen molar-refractivity contribution in [3.63, 3.8) is 0 Å². The Morgan fingerprint density at radius 3 is 2.66 bits per heavy atom. The lowest BCUT2D eigenvalue weighted by atomic mass is 10.2. The van der Waals surface area contributed by atoms with Gasteiger partial charge >= 0.3 is 5.76 Å². The van der Waals surface area contributed by atoms with E-state index in [9.17, 15) is 14.4 Å². The predicted octanol–water partition coefficient (Wildman–Crippen LogP) is 3.12. The van der Waals surface area contributed by atoms with Gasteiger partial charge in [0.1, 0.15) is 0 Å². The third-order valence-corrected chi connectivity index (χ3v) is 5.64. The first kappa shape index (κ1) is 21.7. The highest BCUT2D eigenvalue weighted by Gasteiger charge is 2.16. The van der Waals surface area contributed by atoms with Crippen LogP contribution in [0.5, 0.6) is 0 Å². The van der Waals surface area contributed by atoms with Crippen LogP contribution in [0.15, 0.2) is 57.7 Å². The molecule has 168 valence electrons. The topological polar surface area (TPSA) is 96.6 Å². The van der Waals surface area contributed by atoms with Gasteiger partial charge < -0.3 is 20.0 Å². The number of oxazole rings is 1. The number of nitrogens with one attached hydrogen (secondary N) is 2. The van der Waals surface area contributed by atoms with Crippen LogP contribution in [0.2, 0.25) is 0 Å². The Bertz CT molecular complexity index is 1160. The highest BCUT2D eigenvalue weighted by Crippen LogP contribution is 2.23. The minimum Gasteiger partial charge on any atom is -0.408 e. The zero-order chi connectivity index (χ0) is 22.5. The van der Waals surface area contributed by atoms with Crippen molar-refractivity contribution in [1.29, 1.82) is 0 Å². The Balaban J connectivity index is 1.26. The molecule has 0 spiro atoms. The van der Waals surface area contributed by atoms with E-state index in [1.807, 2.05) is 24.3 Å². The highest BCUT2D eigenvalue weighted by atomic mass is 16.4. The Labute approximate surface area is 186 Å². The van der Waals surface area contributed by atoms with Crippen molar-refractivity contribution < 1.29 is 14.0 Å². The monoisotopic (exact) mass is 436 g/mol. The first-order valence-corrected chi connectivity index (χ1v) is 11.0. The number of nitrogens with zero attached hydrogens (tertiary/aromatic N) is 2. The molecule has 1 unspecified atom stereocenters. The van der Waals surface area contributed by atoms with Crippen LogP contribution in [-0.2, 0) is 16.1 Å². The molecule has 2 heterocycles. The van der Waals surface area contributed by atoms with Crippen LogP contribution in [-0.4, -0.2) is 35.5 Å². The second-order valence-corrected chi connectivity index (χ2v) is 8.20. The minimum absolute atomic E-state index is 0.118. The lowest BCUT2D eigenvalue weighted by Crippen LogP contribution is -2.36. The van der Waals surface area contributed by atoms with Gasteiger partial charge in [0.05, 0.1) is 5.52 Å². The van der Waals surface area contributed by atoms with Crippen LogP contribution in [0.25, 0.3) is 11.1 Å². The quantitative estimate of drug-likeness (QED) is 0.566. The van der Waals surface area contributed by atoms with Gasteiger partial charge in [0.15, 0.2) is 5.58 Å². The highest BCUT2D eigenvalue weighted by molar-refractivity contribution is 5.92. The summed E-state index contributed by atoms with van der Waals surface area (Å²) in [4.78, 5) is 39.1. The molecule has 32 heavy (non-hydrogen) atoms. The van der Waals surface area contributed by atoms with Crippen LogP contribution in [0.4, 0.5) is 11.4 Å². The summed E-state index contributed by atoms with van der Waals surface area (Å²) in [6.07, 6.45) is 2.67. The molecule has 1 atom stereocenters. The molecule has 2 N–H and O–H groups in total. The maximum absolute atomic E-state index is 12.4. The molecule has 2 amide bonds. The van der Waals surface area contributed by atoms with Crippen LogP contribution < -0.4 is 21.3 Å². The summed E-state index contributed by atoms with van der Waals surface area (Å²) in [7, 11) is 0. The van der Waals surface area contributed by atoms with E-state index in [-0.39, 0.29) is 37.2 Å². The molecule has 0 bridgehead atoms. The van der Waals surface area contributed by atoms with E-state index in [4.69, 9.17) is 4.42 Å². The molecule has 1 fully saturated rings.